The lowest BCUT2D eigenvalue weighted by Gasteiger charge is -2.20. The summed E-state index contributed by atoms with van der Waals surface area (Å²) in [6, 6.07) is 3.96. The molecular formula is C17H22F2N4O. The van der Waals surface area contributed by atoms with Gasteiger partial charge in [-0.15, -0.1) is 10.2 Å². The van der Waals surface area contributed by atoms with E-state index in [-0.39, 0.29) is 12.1 Å². The topological polar surface area (TPSA) is 52.0 Å². The summed E-state index contributed by atoms with van der Waals surface area (Å²) in [4.78, 5) is 0. The van der Waals surface area contributed by atoms with Crippen LogP contribution in [0.15, 0.2) is 18.2 Å². The SMILES string of the molecule is CCCn1c(C)nnc1CN[C@@H]1CCO[C@H]1c1ccc(F)c(F)c1. The predicted molar refractivity (Wildman–Crippen MR) is 85.3 cm³/mol. The number of ether oxygens (including phenoxy) is 1. The molecule has 130 valence electrons. The molecule has 2 atom stereocenters. The first-order valence-electron chi connectivity index (χ1n) is 8.28. The molecule has 1 saturated heterocycles. The van der Waals surface area contributed by atoms with Gasteiger partial charge in [-0.25, -0.2) is 8.78 Å². The van der Waals surface area contributed by atoms with Crippen LogP contribution in [0.25, 0.3) is 0 Å². The zero-order chi connectivity index (χ0) is 17.1. The second-order valence-corrected chi connectivity index (χ2v) is 6.06. The van der Waals surface area contributed by atoms with Crippen molar-refractivity contribution in [3.8, 4) is 0 Å². The number of benzene rings is 1. The highest BCUT2D eigenvalue weighted by Crippen LogP contribution is 2.30. The Kier molecular flexibility index (Phi) is 5.20. The fraction of sp³-hybridized carbons (Fsp3) is 0.529. The van der Waals surface area contributed by atoms with Crippen LogP contribution >= 0.6 is 0 Å². The molecule has 1 fully saturated rings. The highest BCUT2D eigenvalue weighted by atomic mass is 19.2. The molecule has 1 aromatic heterocycles. The van der Waals surface area contributed by atoms with Crippen molar-refractivity contribution in [1.82, 2.24) is 20.1 Å². The van der Waals surface area contributed by atoms with Gasteiger partial charge in [0.2, 0.25) is 0 Å². The molecule has 0 bridgehead atoms. The smallest absolute Gasteiger partial charge is 0.159 e. The summed E-state index contributed by atoms with van der Waals surface area (Å²) in [5, 5.41) is 11.8. The summed E-state index contributed by atoms with van der Waals surface area (Å²) in [5.74, 6) is 0.0863. The van der Waals surface area contributed by atoms with Gasteiger partial charge in [-0.1, -0.05) is 13.0 Å². The van der Waals surface area contributed by atoms with Gasteiger partial charge in [0.05, 0.1) is 12.6 Å². The van der Waals surface area contributed by atoms with E-state index in [0.29, 0.717) is 18.7 Å². The normalized spacial score (nSPS) is 20.7. The van der Waals surface area contributed by atoms with E-state index < -0.39 is 11.6 Å². The molecule has 0 spiro atoms. The Bertz CT molecular complexity index is 704. The van der Waals surface area contributed by atoms with Crippen LogP contribution in [0.1, 0.15) is 43.1 Å². The first kappa shape index (κ1) is 17.0. The molecule has 1 aliphatic rings. The Morgan fingerprint density at radius 3 is 2.88 bits per heavy atom. The second kappa shape index (κ2) is 7.36. The zero-order valence-electron chi connectivity index (χ0n) is 13.9. The molecule has 3 rings (SSSR count). The molecule has 1 N–H and O–H groups in total. The van der Waals surface area contributed by atoms with Crippen molar-refractivity contribution in [3.05, 3.63) is 47.0 Å². The minimum atomic E-state index is -0.847. The molecule has 0 amide bonds. The van der Waals surface area contributed by atoms with Gasteiger partial charge >= 0.3 is 0 Å². The van der Waals surface area contributed by atoms with Gasteiger partial charge in [-0.3, -0.25) is 0 Å². The van der Waals surface area contributed by atoms with Crippen molar-refractivity contribution in [2.24, 2.45) is 0 Å². The molecule has 0 unspecified atom stereocenters. The number of nitrogens with one attached hydrogen (secondary N) is 1. The van der Waals surface area contributed by atoms with E-state index >= 15 is 0 Å². The van der Waals surface area contributed by atoms with Gasteiger partial charge < -0.3 is 14.6 Å². The number of halogens is 2. The summed E-state index contributed by atoms with van der Waals surface area (Å²) >= 11 is 0. The van der Waals surface area contributed by atoms with Gasteiger partial charge in [-0.2, -0.15) is 0 Å². The predicted octanol–water partition coefficient (Wildman–Crippen LogP) is 2.89. The van der Waals surface area contributed by atoms with Crippen LogP contribution in [0.5, 0.6) is 0 Å². The van der Waals surface area contributed by atoms with Gasteiger partial charge in [0.25, 0.3) is 0 Å². The summed E-state index contributed by atoms with van der Waals surface area (Å²) in [5.41, 5.74) is 0.648. The third-order valence-electron chi connectivity index (χ3n) is 4.35. The monoisotopic (exact) mass is 336 g/mol. The summed E-state index contributed by atoms with van der Waals surface area (Å²) in [6.45, 7) is 6.08. The van der Waals surface area contributed by atoms with Crippen molar-refractivity contribution in [2.75, 3.05) is 6.61 Å². The molecule has 1 aliphatic heterocycles. The highest BCUT2D eigenvalue weighted by molar-refractivity contribution is 5.22. The average Bonchev–Trinajstić information content (AvgIpc) is 3.16. The van der Waals surface area contributed by atoms with E-state index in [0.717, 1.165) is 37.1 Å². The highest BCUT2D eigenvalue weighted by Gasteiger charge is 2.30. The van der Waals surface area contributed by atoms with Crippen LogP contribution in [-0.4, -0.2) is 27.4 Å². The van der Waals surface area contributed by atoms with Crippen LogP contribution in [0.3, 0.4) is 0 Å². The van der Waals surface area contributed by atoms with Gasteiger partial charge in [-0.05, 0) is 37.5 Å². The van der Waals surface area contributed by atoms with Crippen molar-refractivity contribution in [2.45, 2.75) is 51.9 Å². The molecule has 2 heterocycles. The molecule has 1 aromatic carbocycles. The second-order valence-electron chi connectivity index (χ2n) is 6.06. The number of hydrogen-bond acceptors (Lipinski definition) is 4. The Morgan fingerprint density at radius 1 is 1.29 bits per heavy atom. The largest absolute Gasteiger partial charge is 0.372 e. The zero-order valence-corrected chi connectivity index (χ0v) is 13.9. The molecular weight excluding hydrogens is 314 g/mol. The van der Waals surface area contributed by atoms with E-state index in [2.05, 4.69) is 27.0 Å². The Balaban J connectivity index is 1.69. The van der Waals surface area contributed by atoms with E-state index in [9.17, 15) is 8.78 Å². The van der Waals surface area contributed by atoms with Gasteiger partial charge in [0.1, 0.15) is 11.6 Å². The third-order valence-corrected chi connectivity index (χ3v) is 4.35. The summed E-state index contributed by atoms with van der Waals surface area (Å²) in [7, 11) is 0. The van der Waals surface area contributed by atoms with Gasteiger partial charge in [0, 0.05) is 19.2 Å². The van der Waals surface area contributed by atoms with Gasteiger partial charge in [0.15, 0.2) is 11.6 Å². The number of rotatable bonds is 6. The van der Waals surface area contributed by atoms with Crippen molar-refractivity contribution >= 4 is 0 Å². The van der Waals surface area contributed by atoms with Crippen molar-refractivity contribution < 1.29 is 13.5 Å². The van der Waals surface area contributed by atoms with Crippen LogP contribution in [0.4, 0.5) is 8.78 Å². The van der Waals surface area contributed by atoms with E-state index in [1.165, 1.54) is 6.07 Å². The lowest BCUT2D eigenvalue weighted by molar-refractivity contribution is 0.0979. The van der Waals surface area contributed by atoms with Crippen LogP contribution < -0.4 is 5.32 Å². The molecule has 7 heteroatoms. The first-order valence-corrected chi connectivity index (χ1v) is 8.28. The van der Waals surface area contributed by atoms with E-state index in [1.54, 1.807) is 6.07 Å². The lowest BCUT2D eigenvalue weighted by Crippen LogP contribution is -2.32. The summed E-state index contributed by atoms with van der Waals surface area (Å²) in [6.07, 6.45) is 1.53. The number of nitrogens with zero attached hydrogens (tertiary/aromatic N) is 3. The number of aryl methyl sites for hydroxylation is 1. The Morgan fingerprint density at radius 2 is 2.12 bits per heavy atom. The maximum absolute atomic E-state index is 13.5. The van der Waals surface area contributed by atoms with E-state index in [4.69, 9.17) is 4.74 Å². The molecule has 0 saturated carbocycles. The maximum atomic E-state index is 13.5. The molecule has 5 nitrogen and oxygen atoms in total. The van der Waals surface area contributed by atoms with Crippen molar-refractivity contribution in [1.29, 1.82) is 0 Å². The Hall–Kier alpha value is -1.86. The minimum Gasteiger partial charge on any atom is -0.372 e. The van der Waals surface area contributed by atoms with Crippen molar-refractivity contribution in [3.63, 3.8) is 0 Å². The summed E-state index contributed by atoms with van der Waals surface area (Å²) < 4.78 is 34.4. The van der Waals surface area contributed by atoms with Crippen LogP contribution in [0.2, 0.25) is 0 Å². The molecule has 0 radical (unpaired) electrons. The first-order chi connectivity index (χ1) is 11.6. The third kappa shape index (κ3) is 3.47. The number of hydrogen-bond donors (Lipinski definition) is 1. The average molecular weight is 336 g/mol. The standard InChI is InChI=1S/C17H22F2N4O/c1-3-7-23-11(2)21-22-16(23)10-20-15-6-8-24-17(15)12-4-5-13(18)14(19)9-12/h4-5,9,15,17,20H,3,6-8,10H2,1-2H3/t15-,17+/m1/s1. The van der Waals surface area contributed by atoms with Crippen LogP contribution in [-0.2, 0) is 17.8 Å². The molecule has 24 heavy (non-hydrogen) atoms. The minimum absolute atomic E-state index is 0.0296. The fourth-order valence-electron chi connectivity index (χ4n) is 3.11. The fourth-order valence-corrected chi connectivity index (χ4v) is 3.11. The van der Waals surface area contributed by atoms with Crippen LogP contribution in [0, 0.1) is 18.6 Å². The quantitative estimate of drug-likeness (QED) is 0.881. The maximum Gasteiger partial charge on any atom is 0.159 e. The molecule has 0 aliphatic carbocycles. The van der Waals surface area contributed by atoms with E-state index in [1.807, 2.05) is 6.92 Å². The number of aromatic nitrogens is 3. The Labute approximate surface area is 140 Å². The lowest BCUT2D eigenvalue weighted by atomic mass is 10.0. The molecule has 2 aromatic rings.